The molecule has 8 aromatic rings. The summed E-state index contributed by atoms with van der Waals surface area (Å²) in [5, 5.41) is 8.36. The third-order valence-corrected chi connectivity index (χ3v) is 9.78. The van der Waals surface area contributed by atoms with Crippen molar-refractivity contribution < 1.29 is 4.42 Å². The fourth-order valence-electron chi connectivity index (χ4n) is 6.62. The number of hydrogen-bond donors (Lipinski definition) is 1. The minimum Gasteiger partial charge on any atom is -0.455 e. The van der Waals surface area contributed by atoms with Gasteiger partial charge in [0, 0.05) is 36.5 Å². The second-order valence-corrected chi connectivity index (χ2v) is 12.0. The van der Waals surface area contributed by atoms with Crippen molar-refractivity contribution in [1.29, 1.82) is 0 Å². The highest BCUT2D eigenvalue weighted by molar-refractivity contribution is 7.26. The highest BCUT2D eigenvalue weighted by Crippen LogP contribution is 2.46. The Labute approximate surface area is 247 Å². The Morgan fingerprint density at radius 1 is 0.595 bits per heavy atom. The van der Waals surface area contributed by atoms with Crippen molar-refractivity contribution in [1.82, 2.24) is 5.32 Å². The van der Waals surface area contributed by atoms with E-state index in [1.807, 2.05) is 11.3 Å². The van der Waals surface area contributed by atoms with Crippen molar-refractivity contribution in [3.05, 3.63) is 150 Å². The fraction of sp³-hybridized carbons (Fsp3) is 0.0256. The Balaban J connectivity index is 1.23. The van der Waals surface area contributed by atoms with Gasteiger partial charge >= 0.3 is 0 Å². The number of nitrogens with one attached hydrogen (secondary N) is 1. The Hall–Kier alpha value is -5.12. The lowest BCUT2D eigenvalue weighted by Crippen LogP contribution is -2.20. The lowest BCUT2D eigenvalue weighted by molar-refractivity contribution is 0.674. The van der Waals surface area contributed by atoms with E-state index < -0.39 is 0 Å². The first-order valence-electron chi connectivity index (χ1n) is 14.3. The third-order valence-electron chi connectivity index (χ3n) is 8.57. The minimum atomic E-state index is 0.127. The molecule has 0 aliphatic carbocycles. The van der Waals surface area contributed by atoms with E-state index in [1.165, 1.54) is 53.6 Å². The lowest BCUT2D eigenvalue weighted by atomic mass is 9.90. The van der Waals surface area contributed by atoms with Gasteiger partial charge in [0.1, 0.15) is 11.2 Å². The van der Waals surface area contributed by atoms with Gasteiger partial charge in [-0.3, -0.25) is 0 Å². The lowest BCUT2D eigenvalue weighted by Gasteiger charge is -2.24. The van der Waals surface area contributed by atoms with Gasteiger partial charge in [-0.05, 0) is 63.9 Å². The zero-order valence-electron chi connectivity index (χ0n) is 22.7. The molecule has 1 unspecified atom stereocenters. The molecule has 198 valence electrons. The molecule has 0 bridgehead atoms. The molecular formula is C39H25NOS. The van der Waals surface area contributed by atoms with Crippen LogP contribution in [0, 0.1) is 0 Å². The van der Waals surface area contributed by atoms with E-state index in [2.05, 4.69) is 145 Å². The van der Waals surface area contributed by atoms with Crippen molar-refractivity contribution in [2.75, 3.05) is 0 Å². The van der Waals surface area contributed by atoms with Crippen LogP contribution in [0.15, 0.2) is 138 Å². The standard InChI is InChI=1S/C39H25NOS/c1-2-9-24(10-3-1)29-15-7-17-31-32-19-20-34-35(38(32)41-37(29)31)33-18-8-16-30(39(33)42-34)26-12-6-13-27(23-26)36-28-14-5-4-11-25(28)21-22-40-36/h1-23,36,40H. The monoisotopic (exact) mass is 555 g/mol. The molecule has 42 heavy (non-hydrogen) atoms. The SMILES string of the molecule is C1=Cc2ccccc2C(c2cccc(-c3cccc4c3sc3ccc5c6cccc(-c7ccccc7)c6oc5c34)c2)N1. The molecule has 0 spiro atoms. The van der Waals surface area contributed by atoms with Crippen LogP contribution in [-0.2, 0) is 0 Å². The Bertz CT molecular complexity index is 2340. The Morgan fingerprint density at radius 2 is 1.36 bits per heavy atom. The molecule has 0 saturated carbocycles. The molecule has 0 amide bonds. The number of hydrogen-bond acceptors (Lipinski definition) is 3. The van der Waals surface area contributed by atoms with Crippen LogP contribution in [0.1, 0.15) is 22.7 Å². The van der Waals surface area contributed by atoms with Gasteiger partial charge < -0.3 is 9.73 Å². The van der Waals surface area contributed by atoms with Crippen molar-refractivity contribution in [3.8, 4) is 22.3 Å². The molecule has 1 aliphatic heterocycles. The topological polar surface area (TPSA) is 25.2 Å². The van der Waals surface area contributed by atoms with Gasteiger partial charge in [-0.2, -0.15) is 0 Å². The van der Waals surface area contributed by atoms with Crippen LogP contribution in [0.4, 0.5) is 0 Å². The van der Waals surface area contributed by atoms with E-state index in [4.69, 9.17) is 4.42 Å². The van der Waals surface area contributed by atoms with E-state index in [0.29, 0.717) is 0 Å². The molecule has 0 radical (unpaired) electrons. The normalized spacial score (nSPS) is 14.5. The molecule has 0 saturated heterocycles. The Morgan fingerprint density at radius 3 is 2.29 bits per heavy atom. The molecule has 9 rings (SSSR count). The number of rotatable bonds is 3. The quantitative estimate of drug-likeness (QED) is 0.235. The maximum absolute atomic E-state index is 6.79. The summed E-state index contributed by atoms with van der Waals surface area (Å²) in [6, 6.07) is 45.9. The summed E-state index contributed by atoms with van der Waals surface area (Å²) in [7, 11) is 0. The molecule has 1 atom stereocenters. The molecule has 1 aliphatic rings. The van der Waals surface area contributed by atoms with E-state index in [0.717, 1.165) is 27.5 Å². The number of benzene rings is 6. The summed E-state index contributed by atoms with van der Waals surface area (Å²) in [6.07, 6.45) is 4.21. The van der Waals surface area contributed by atoms with Gasteiger partial charge in [-0.15, -0.1) is 11.3 Å². The van der Waals surface area contributed by atoms with Crippen molar-refractivity contribution in [2.24, 2.45) is 0 Å². The zero-order valence-corrected chi connectivity index (χ0v) is 23.5. The predicted octanol–water partition coefficient (Wildman–Crippen LogP) is 11.0. The first-order valence-corrected chi connectivity index (χ1v) is 15.1. The molecule has 3 heteroatoms. The summed E-state index contributed by atoms with van der Waals surface area (Å²) < 4.78 is 9.32. The molecular weight excluding hydrogens is 531 g/mol. The third kappa shape index (κ3) is 3.50. The van der Waals surface area contributed by atoms with Crippen molar-refractivity contribution in [3.63, 3.8) is 0 Å². The number of furan rings is 1. The molecule has 6 aromatic carbocycles. The second kappa shape index (κ2) is 9.20. The van der Waals surface area contributed by atoms with Crippen LogP contribution in [-0.4, -0.2) is 0 Å². The summed E-state index contributed by atoms with van der Waals surface area (Å²) in [6.45, 7) is 0. The maximum atomic E-state index is 6.79. The van der Waals surface area contributed by atoms with Gasteiger partial charge in [0.05, 0.1) is 6.04 Å². The first kappa shape index (κ1) is 23.6. The highest BCUT2D eigenvalue weighted by atomic mass is 32.1. The van der Waals surface area contributed by atoms with Gasteiger partial charge in [0.25, 0.3) is 0 Å². The van der Waals surface area contributed by atoms with Crippen LogP contribution >= 0.6 is 11.3 Å². The number of para-hydroxylation sites is 1. The summed E-state index contributed by atoms with van der Waals surface area (Å²) in [4.78, 5) is 0. The first-order chi connectivity index (χ1) is 20.8. The molecule has 2 nitrogen and oxygen atoms in total. The van der Waals surface area contributed by atoms with Gasteiger partial charge in [0.2, 0.25) is 0 Å². The molecule has 3 heterocycles. The maximum Gasteiger partial charge on any atom is 0.144 e. The average Bonchev–Trinajstić information content (AvgIpc) is 3.63. The smallest absolute Gasteiger partial charge is 0.144 e. The fourth-order valence-corrected chi connectivity index (χ4v) is 7.86. The minimum absolute atomic E-state index is 0.127. The van der Waals surface area contributed by atoms with Crippen LogP contribution in [0.25, 0.3) is 70.4 Å². The summed E-state index contributed by atoms with van der Waals surface area (Å²) in [5.74, 6) is 0. The van der Waals surface area contributed by atoms with Crippen molar-refractivity contribution in [2.45, 2.75) is 6.04 Å². The van der Waals surface area contributed by atoms with E-state index in [9.17, 15) is 0 Å². The van der Waals surface area contributed by atoms with Gasteiger partial charge in [-0.25, -0.2) is 0 Å². The van der Waals surface area contributed by atoms with Gasteiger partial charge in [-0.1, -0.05) is 109 Å². The second-order valence-electron chi connectivity index (χ2n) is 10.9. The van der Waals surface area contributed by atoms with E-state index >= 15 is 0 Å². The highest BCUT2D eigenvalue weighted by Gasteiger charge is 2.21. The predicted molar refractivity (Wildman–Crippen MR) is 178 cm³/mol. The van der Waals surface area contributed by atoms with Crippen molar-refractivity contribution >= 4 is 59.5 Å². The average molecular weight is 556 g/mol. The number of fused-ring (bicyclic) bond motifs is 8. The van der Waals surface area contributed by atoms with Crippen LogP contribution in [0.5, 0.6) is 0 Å². The summed E-state index contributed by atoms with van der Waals surface area (Å²) in [5.41, 5.74) is 10.5. The van der Waals surface area contributed by atoms with E-state index in [1.54, 1.807) is 0 Å². The van der Waals surface area contributed by atoms with Crippen LogP contribution < -0.4 is 5.32 Å². The molecule has 0 fully saturated rings. The summed E-state index contributed by atoms with van der Waals surface area (Å²) >= 11 is 1.85. The van der Waals surface area contributed by atoms with Crippen LogP contribution in [0.3, 0.4) is 0 Å². The van der Waals surface area contributed by atoms with Gasteiger partial charge in [0.15, 0.2) is 0 Å². The molecule has 2 aromatic heterocycles. The largest absolute Gasteiger partial charge is 0.455 e. The molecule has 1 N–H and O–H groups in total. The number of thiophene rings is 1. The van der Waals surface area contributed by atoms with E-state index in [-0.39, 0.29) is 6.04 Å². The zero-order chi connectivity index (χ0) is 27.6. The van der Waals surface area contributed by atoms with Crippen LogP contribution in [0.2, 0.25) is 0 Å². The Kier molecular flexibility index (Phi) is 5.16.